The van der Waals surface area contributed by atoms with Crippen LogP contribution in [0.5, 0.6) is 0 Å². The predicted molar refractivity (Wildman–Crippen MR) is 115 cm³/mol. The van der Waals surface area contributed by atoms with Crippen LogP contribution in [0.15, 0.2) is 47.5 Å². The van der Waals surface area contributed by atoms with Crippen molar-refractivity contribution in [3.8, 4) is 16.9 Å². The molecule has 1 fully saturated rings. The van der Waals surface area contributed by atoms with Gasteiger partial charge in [0.05, 0.1) is 16.8 Å². The lowest BCUT2D eigenvalue weighted by Gasteiger charge is -2.22. The van der Waals surface area contributed by atoms with Crippen LogP contribution >= 0.6 is 0 Å². The zero-order valence-electron chi connectivity index (χ0n) is 17.2. The molecule has 1 aliphatic rings. The highest BCUT2D eigenvalue weighted by molar-refractivity contribution is 5.93. The molecule has 9 heteroatoms. The number of carbonyl (C=O) groups excluding carboxylic acids is 1. The molecule has 0 radical (unpaired) electrons. The highest BCUT2D eigenvalue weighted by Crippen LogP contribution is 2.22. The number of anilines is 1. The minimum absolute atomic E-state index is 0.204. The molecule has 3 aromatic rings. The Hall–Kier alpha value is -3.46. The molecule has 3 heterocycles. The second-order valence-electron chi connectivity index (χ2n) is 7.44. The van der Waals surface area contributed by atoms with Crippen molar-refractivity contribution in [1.82, 2.24) is 20.1 Å². The summed E-state index contributed by atoms with van der Waals surface area (Å²) in [7, 11) is 1.63. The number of amides is 1. The molecule has 4 rings (SSSR count). The van der Waals surface area contributed by atoms with Gasteiger partial charge in [-0.05, 0) is 48.6 Å². The normalized spacial score (nSPS) is 14.4. The zero-order chi connectivity index (χ0) is 21.8. The van der Waals surface area contributed by atoms with Crippen LogP contribution < -0.4 is 16.2 Å². The number of hydrogen-bond acceptors (Lipinski definition) is 5. The molecule has 1 amide bonds. The quantitative estimate of drug-likeness (QED) is 0.564. The number of aromatic nitrogens is 3. The van der Waals surface area contributed by atoms with Crippen LogP contribution in [0.1, 0.15) is 23.2 Å². The molecule has 3 N–H and O–H groups in total. The molecule has 0 aliphatic carbocycles. The van der Waals surface area contributed by atoms with E-state index in [9.17, 15) is 14.0 Å². The van der Waals surface area contributed by atoms with E-state index in [4.69, 9.17) is 4.74 Å². The van der Waals surface area contributed by atoms with Gasteiger partial charge in [0.2, 0.25) is 0 Å². The zero-order valence-corrected chi connectivity index (χ0v) is 17.2. The van der Waals surface area contributed by atoms with Crippen molar-refractivity contribution >= 4 is 11.6 Å². The summed E-state index contributed by atoms with van der Waals surface area (Å²) < 4.78 is 20.6. The van der Waals surface area contributed by atoms with Gasteiger partial charge in [-0.15, -0.1) is 0 Å². The van der Waals surface area contributed by atoms with Crippen LogP contribution in [0.3, 0.4) is 0 Å². The Morgan fingerprint density at radius 3 is 2.77 bits per heavy atom. The van der Waals surface area contributed by atoms with Gasteiger partial charge in [0, 0.05) is 39.2 Å². The predicted octanol–water partition coefficient (Wildman–Crippen LogP) is 2.56. The average Bonchev–Trinajstić information content (AvgIpc) is 3.19. The van der Waals surface area contributed by atoms with Gasteiger partial charge in [-0.2, -0.15) is 0 Å². The van der Waals surface area contributed by atoms with Crippen LogP contribution in [0.25, 0.3) is 16.9 Å². The lowest BCUT2D eigenvalue weighted by Crippen LogP contribution is -2.32. The van der Waals surface area contributed by atoms with Gasteiger partial charge in [-0.1, -0.05) is 6.07 Å². The fourth-order valence-electron chi connectivity index (χ4n) is 3.57. The second kappa shape index (κ2) is 9.13. The number of pyridine rings is 1. The molecule has 0 spiro atoms. The highest BCUT2D eigenvalue weighted by atomic mass is 19.1. The van der Waals surface area contributed by atoms with Crippen molar-refractivity contribution in [3.05, 3.63) is 64.5 Å². The molecule has 31 heavy (non-hydrogen) atoms. The van der Waals surface area contributed by atoms with E-state index in [1.807, 2.05) is 0 Å². The van der Waals surface area contributed by atoms with Crippen LogP contribution in [-0.4, -0.2) is 47.5 Å². The van der Waals surface area contributed by atoms with E-state index in [1.54, 1.807) is 31.3 Å². The molecule has 1 saturated heterocycles. The summed E-state index contributed by atoms with van der Waals surface area (Å²) >= 11 is 0. The standard InChI is InChI=1S/C22H24FN5O3/c1-24-19-4-2-15(10-18(19)23)17-13-27-28(22(17)30)20-5-3-16(12-25-20)21(29)26-11-14-6-8-31-9-7-14/h2-5,10,12-14,24,27H,6-9,11H2,1H3,(H,26,29). The number of aromatic amines is 1. The van der Waals surface area contributed by atoms with Crippen LogP contribution in [0.2, 0.25) is 0 Å². The number of hydrogen-bond donors (Lipinski definition) is 3. The lowest BCUT2D eigenvalue weighted by molar-refractivity contribution is 0.0642. The lowest BCUT2D eigenvalue weighted by atomic mass is 10.0. The Morgan fingerprint density at radius 2 is 2.10 bits per heavy atom. The molecular weight excluding hydrogens is 401 g/mol. The third kappa shape index (κ3) is 4.51. The minimum atomic E-state index is -0.443. The van der Waals surface area contributed by atoms with E-state index < -0.39 is 5.82 Å². The molecule has 2 aromatic heterocycles. The van der Waals surface area contributed by atoms with Gasteiger partial charge in [0.25, 0.3) is 11.5 Å². The van der Waals surface area contributed by atoms with Crippen LogP contribution in [0, 0.1) is 11.7 Å². The van der Waals surface area contributed by atoms with Crippen molar-refractivity contribution < 1.29 is 13.9 Å². The fraction of sp³-hybridized carbons (Fsp3) is 0.318. The van der Waals surface area contributed by atoms with E-state index in [-0.39, 0.29) is 11.5 Å². The number of H-pyrrole nitrogens is 1. The highest BCUT2D eigenvalue weighted by Gasteiger charge is 2.16. The topological polar surface area (TPSA) is 101 Å². The smallest absolute Gasteiger partial charge is 0.280 e. The molecule has 0 unspecified atom stereocenters. The van der Waals surface area contributed by atoms with Crippen molar-refractivity contribution in [2.45, 2.75) is 12.8 Å². The van der Waals surface area contributed by atoms with Crippen molar-refractivity contribution in [1.29, 1.82) is 0 Å². The number of nitrogens with zero attached hydrogens (tertiary/aromatic N) is 2. The minimum Gasteiger partial charge on any atom is -0.386 e. The Bertz CT molecular complexity index is 1120. The van der Waals surface area contributed by atoms with Gasteiger partial charge in [0.1, 0.15) is 5.82 Å². The van der Waals surface area contributed by atoms with E-state index in [0.29, 0.717) is 40.7 Å². The number of ether oxygens (including phenoxy) is 1. The molecule has 162 valence electrons. The Balaban J connectivity index is 1.47. The Kier molecular flexibility index (Phi) is 6.13. The first-order valence-corrected chi connectivity index (χ1v) is 10.2. The second-order valence-corrected chi connectivity index (χ2v) is 7.44. The monoisotopic (exact) mass is 425 g/mol. The van der Waals surface area contributed by atoms with Crippen molar-refractivity contribution in [2.75, 3.05) is 32.1 Å². The average molecular weight is 425 g/mol. The number of benzene rings is 1. The number of halogens is 1. The van der Waals surface area contributed by atoms with E-state index in [2.05, 4.69) is 20.7 Å². The van der Waals surface area contributed by atoms with Gasteiger partial charge in [-0.3, -0.25) is 14.7 Å². The first-order valence-electron chi connectivity index (χ1n) is 10.2. The first kappa shape index (κ1) is 20.8. The van der Waals surface area contributed by atoms with Gasteiger partial charge in [-0.25, -0.2) is 14.1 Å². The maximum absolute atomic E-state index is 14.1. The van der Waals surface area contributed by atoms with Crippen molar-refractivity contribution in [2.24, 2.45) is 5.92 Å². The molecular formula is C22H24FN5O3. The summed E-state index contributed by atoms with van der Waals surface area (Å²) in [5, 5.41) is 8.52. The Morgan fingerprint density at radius 1 is 1.29 bits per heavy atom. The number of rotatable bonds is 6. The maximum atomic E-state index is 14.1. The summed E-state index contributed by atoms with van der Waals surface area (Å²) in [5.74, 6) is 0.115. The summed E-state index contributed by atoms with van der Waals surface area (Å²) in [6, 6.07) is 7.77. The molecule has 1 aliphatic heterocycles. The van der Waals surface area contributed by atoms with Crippen LogP contribution in [-0.2, 0) is 4.74 Å². The molecule has 0 bridgehead atoms. The molecule has 0 saturated carbocycles. The summed E-state index contributed by atoms with van der Waals surface area (Å²) in [5.41, 5.74) is 1.19. The summed E-state index contributed by atoms with van der Waals surface area (Å²) in [4.78, 5) is 29.4. The van der Waals surface area contributed by atoms with Crippen LogP contribution in [0.4, 0.5) is 10.1 Å². The molecule has 8 nitrogen and oxygen atoms in total. The number of nitrogens with one attached hydrogen (secondary N) is 3. The third-order valence-electron chi connectivity index (χ3n) is 5.45. The number of carbonyl (C=O) groups is 1. The summed E-state index contributed by atoms with van der Waals surface area (Å²) in [6.45, 7) is 2.07. The summed E-state index contributed by atoms with van der Waals surface area (Å²) in [6.07, 6.45) is 4.82. The SMILES string of the molecule is CNc1ccc(-c2c[nH]n(-c3ccc(C(=O)NCC4CCOCC4)cn3)c2=O)cc1F. The van der Waals surface area contributed by atoms with E-state index >= 15 is 0 Å². The molecule has 0 atom stereocenters. The fourth-order valence-corrected chi connectivity index (χ4v) is 3.57. The third-order valence-corrected chi connectivity index (χ3v) is 5.45. The largest absolute Gasteiger partial charge is 0.386 e. The Labute approximate surface area is 178 Å². The molecule has 1 aromatic carbocycles. The van der Waals surface area contributed by atoms with Gasteiger partial charge in [0.15, 0.2) is 5.82 Å². The van der Waals surface area contributed by atoms with Gasteiger partial charge < -0.3 is 15.4 Å². The van der Waals surface area contributed by atoms with Gasteiger partial charge >= 0.3 is 0 Å². The van der Waals surface area contributed by atoms with Crippen molar-refractivity contribution in [3.63, 3.8) is 0 Å². The van der Waals surface area contributed by atoms with E-state index in [0.717, 1.165) is 26.1 Å². The first-order chi connectivity index (χ1) is 15.1. The van der Waals surface area contributed by atoms with E-state index in [1.165, 1.54) is 23.1 Å². The maximum Gasteiger partial charge on any atom is 0.280 e.